The van der Waals surface area contributed by atoms with Gasteiger partial charge < -0.3 is 14.5 Å². The van der Waals surface area contributed by atoms with Gasteiger partial charge in [0.05, 0.1) is 0 Å². The van der Waals surface area contributed by atoms with Gasteiger partial charge in [-0.25, -0.2) is 4.79 Å². The summed E-state index contributed by atoms with van der Waals surface area (Å²) in [7, 11) is 0. The zero-order valence-corrected chi connectivity index (χ0v) is 11.0. The average Bonchev–Trinajstić information content (AvgIpc) is 2.46. The van der Waals surface area contributed by atoms with Gasteiger partial charge in [-0.15, -0.1) is 0 Å². The van der Waals surface area contributed by atoms with E-state index in [1.807, 2.05) is 30.3 Å². The number of benzene rings is 1. The fourth-order valence-corrected chi connectivity index (χ4v) is 2.01. The van der Waals surface area contributed by atoms with Crippen molar-refractivity contribution < 1.29 is 14.3 Å². The molecule has 1 aliphatic heterocycles. The van der Waals surface area contributed by atoms with Crippen molar-refractivity contribution in [1.82, 2.24) is 9.80 Å². The molecule has 2 amide bonds. The number of hydrogen-bond acceptors (Lipinski definition) is 3. The highest BCUT2D eigenvalue weighted by atomic mass is 16.6. The Kier molecular flexibility index (Phi) is 4.39. The number of nitrogens with zero attached hydrogens (tertiary/aromatic N) is 2. The van der Waals surface area contributed by atoms with Gasteiger partial charge >= 0.3 is 6.09 Å². The van der Waals surface area contributed by atoms with E-state index in [2.05, 4.69) is 0 Å². The molecule has 2 rings (SSSR count). The molecule has 0 N–H and O–H groups in total. The first kappa shape index (κ1) is 13.4. The Morgan fingerprint density at radius 1 is 1.05 bits per heavy atom. The highest BCUT2D eigenvalue weighted by Crippen LogP contribution is 2.06. The van der Waals surface area contributed by atoms with Gasteiger partial charge in [-0.05, 0) is 5.56 Å². The van der Waals surface area contributed by atoms with Gasteiger partial charge in [0.2, 0.25) is 5.91 Å². The maximum Gasteiger partial charge on any atom is 0.410 e. The van der Waals surface area contributed by atoms with E-state index in [1.54, 1.807) is 16.7 Å². The minimum atomic E-state index is -0.313. The van der Waals surface area contributed by atoms with Crippen LogP contribution in [0.1, 0.15) is 12.5 Å². The van der Waals surface area contributed by atoms with Crippen LogP contribution in [0.5, 0.6) is 0 Å². The van der Waals surface area contributed by atoms with Crippen molar-refractivity contribution >= 4 is 12.0 Å². The smallest absolute Gasteiger partial charge is 0.410 e. The van der Waals surface area contributed by atoms with Crippen molar-refractivity contribution in [3.63, 3.8) is 0 Å². The summed E-state index contributed by atoms with van der Waals surface area (Å²) in [5, 5.41) is 0. The van der Waals surface area contributed by atoms with Gasteiger partial charge in [0, 0.05) is 33.1 Å². The zero-order chi connectivity index (χ0) is 13.7. The van der Waals surface area contributed by atoms with Crippen LogP contribution >= 0.6 is 0 Å². The summed E-state index contributed by atoms with van der Waals surface area (Å²) in [6.45, 7) is 4.06. The predicted molar refractivity (Wildman–Crippen MR) is 70.5 cm³/mol. The molecule has 1 aromatic rings. The van der Waals surface area contributed by atoms with Gasteiger partial charge in [0.1, 0.15) is 6.61 Å². The van der Waals surface area contributed by atoms with Crippen LogP contribution in [-0.2, 0) is 16.1 Å². The lowest BCUT2D eigenvalue weighted by molar-refractivity contribution is -0.130. The fourth-order valence-electron chi connectivity index (χ4n) is 2.01. The molecule has 1 heterocycles. The monoisotopic (exact) mass is 262 g/mol. The van der Waals surface area contributed by atoms with Crippen LogP contribution in [0.25, 0.3) is 0 Å². The van der Waals surface area contributed by atoms with Crippen LogP contribution in [0.4, 0.5) is 4.79 Å². The van der Waals surface area contributed by atoms with Crippen molar-refractivity contribution in [2.45, 2.75) is 13.5 Å². The van der Waals surface area contributed by atoms with Gasteiger partial charge in [-0.1, -0.05) is 30.3 Å². The fraction of sp³-hybridized carbons (Fsp3) is 0.429. The molecule has 0 aromatic heterocycles. The standard InChI is InChI=1S/C14H18N2O3/c1-12(17)15-7-9-16(10-8-15)14(18)19-11-13-5-3-2-4-6-13/h2-6H,7-11H2,1H3. The largest absolute Gasteiger partial charge is 0.445 e. The normalized spacial score (nSPS) is 15.2. The van der Waals surface area contributed by atoms with Gasteiger partial charge in [0.25, 0.3) is 0 Å². The van der Waals surface area contributed by atoms with Gasteiger partial charge in [-0.3, -0.25) is 4.79 Å². The van der Waals surface area contributed by atoms with E-state index >= 15 is 0 Å². The van der Waals surface area contributed by atoms with E-state index in [0.717, 1.165) is 5.56 Å². The number of carbonyl (C=O) groups excluding carboxylic acids is 2. The maximum absolute atomic E-state index is 11.8. The lowest BCUT2D eigenvalue weighted by atomic mass is 10.2. The first-order valence-corrected chi connectivity index (χ1v) is 6.38. The second kappa shape index (κ2) is 6.22. The molecule has 0 aliphatic carbocycles. The molecule has 0 atom stereocenters. The third-order valence-electron chi connectivity index (χ3n) is 3.19. The van der Waals surface area contributed by atoms with Crippen molar-refractivity contribution in [3.05, 3.63) is 35.9 Å². The number of amides is 2. The van der Waals surface area contributed by atoms with E-state index < -0.39 is 0 Å². The van der Waals surface area contributed by atoms with Crippen LogP contribution in [0.15, 0.2) is 30.3 Å². The molecular formula is C14H18N2O3. The van der Waals surface area contributed by atoms with Crippen LogP contribution < -0.4 is 0 Å². The molecule has 19 heavy (non-hydrogen) atoms. The van der Waals surface area contributed by atoms with Crippen LogP contribution in [0.2, 0.25) is 0 Å². The van der Waals surface area contributed by atoms with E-state index in [0.29, 0.717) is 26.2 Å². The Bertz CT molecular complexity index is 439. The Hall–Kier alpha value is -2.04. The Morgan fingerprint density at radius 2 is 1.63 bits per heavy atom. The summed E-state index contributed by atoms with van der Waals surface area (Å²) in [5.74, 6) is 0.0531. The molecule has 0 radical (unpaired) electrons. The maximum atomic E-state index is 11.8. The molecule has 0 saturated carbocycles. The average molecular weight is 262 g/mol. The lowest BCUT2D eigenvalue weighted by Gasteiger charge is -2.33. The minimum Gasteiger partial charge on any atom is -0.445 e. The second-order valence-electron chi connectivity index (χ2n) is 4.53. The number of carbonyl (C=O) groups is 2. The molecule has 1 saturated heterocycles. The zero-order valence-electron chi connectivity index (χ0n) is 11.0. The Balaban J connectivity index is 1.77. The molecular weight excluding hydrogens is 244 g/mol. The molecule has 1 fully saturated rings. The predicted octanol–water partition coefficient (Wildman–Crippen LogP) is 1.49. The third kappa shape index (κ3) is 3.71. The molecule has 0 unspecified atom stereocenters. The summed E-state index contributed by atoms with van der Waals surface area (Å²) < 4.78 is 5.25. The first-order chi connectivity index (χ1) is 9.16. The quantitative estimate of drug-likeness (QED) is 0.811. The first-order valence-electron chi connectivity index (χ1n) is 6.38. The van der Waals surface area contributed by atoms with Crippen molar-refractivity contribution in [2.24, 2.45) is 0 Å². The lowest BCUT2D eigenvalue weighted by Crippen LogP contribution is -2.50. The molecule has 1 aliphatic rings. The molecule has 1 aromatic carbocycles. The Morgan fingerprint density at radius 3 is 2.21 bits per heavy atom. The highest BCUT2D eigenvalue weighted by Gasteiger charge is 2.23. The summed E-state index contributed by atoms with van der Waals surface area (Å²) in [4.78, 5) is 26.4. The Labute approximate surface area is 112 Å². The topological polar surface area (TPSA) is 49.9 Å². The third-order valence-corrected chi connectivity index (χ3v) is 3.19. The van der Waals surface area contributed by atoms with Crippen molar-refractivity contribution in [2.75, 3.05) is 26.2 Å². The van der Waals surface area contributed by atoms with Gasteiger partial charge in [-0.2, -0.15) is 0 Å². The summed E-state index contributed by atoms with van der Waals surface area (Å²) in [5.41, 5.74) is 0.971. The second-order valence-corrected chi connectivity index (χ2v) is 4.53. The van der Waals surface area contributed by atoms with E-state index in [4.69, 9.17) is 4.74 Å². The number of rotatable bonds is 2. The molecule has 5 heteroatoms. The molecule has 0 bridgehead atoms. The molecule has 102 valence electrons. The number of piperazine rings is 1. The van der Waals surface area contributed by atoms with Crippen molar-refractivity contribution in [1.29, 1.82) is 0 Å². The number of ether oxygens (including phenoxy) is 1. The summed E-state index contributed by atoms with van der Waals surface area (Å²) in [6, 6.07) is 9.58. The molecule has 0 spiro atoms. The van der Waals surface area contributed by atoms with Crippen LogP contribution in [0.3, 0.4) is 0 Å². The van der Waals surface area contributed by atoms with Crippen LogP contribution in [-0.4, -0.2) is 48.0 Å². The minimum absolute atomic E-state index is 0.0531. The van der Waals surface area contributed by atoms with E-state index in [9.17, 15) is 9.59 Å². The summed E-state index contributed by atoms with van der Waals surface area (Å²) >= 11 is 0. The van der Waals surface area contributed by atoms with E-state index in [-0.39, 0.29) is 18.6 Å². The van der Waals surface area contributed by atoms with Crippen LogP contribution in [0, 0.1) is 0 Å². The summed E-state index contributed by atoms with van der Waals surface area (Å²) in [6.07, 6.45) is -0.313. The van der Waals surface area contributed by atoms with E-state index in [1.165, 1.54) is 0 Å². The molecule has 5 nitrogen and oxygen atoms in total. The number of hydrogen-bond donors (Lipinski definition) is 0. The highest BCUT2D eigenvalue weighted by molar-refractivity contribution is 5.74. The van der Waals surface area contributed by atoms with Crippen molar-refractivity contribution in [3.8, 4) is 0 Å². The van der Waals surface area contributed by atoms with Gasteiger partial charge in [0.15, 0.2) is 0 Å². The SMILES string of the molecule is CC(=O)N1CCN(C(=O)OCc2ccccc2)CC1.